The highest BCUT2D eigenvalue weighted by Crippen LogP contribution is 2.33. The SMILES string of the molecule is COc1ccc(NC(=O)C(=O)C2C(=O)Nc3ccccc32)cc1OC. The van der Waals surface area contributed by atoms with Gasteiger partial charge in [-0.2, -0.15) is 0 Å². The second-order valence-electron chi connectivity index (χ2n) is 5.40. The summed E-state index contributed by atoms with van der Waals surface area (Å²) in [6, 6.07) is 11.5. The molecule has 7 heteroatoms. The van der Waals surface area contributed by atoms with E-state index in [1.165, 1.54) is 20.3 Å². The predicted molar refractivity (Wildman–Crippen MR) is 91.0 cm³/mol. The molecule has 0 radical (unpaired) electrons. The van der Waals surface area contributed by atoms with E-state index >= 15 is 0 Å². The summed E-state index contributed by atoms with van der Waals surface area (Å²) in [4.78, 5) is 36.8. The number of fused-ring (bicyclic) bond motifs is 1. The first kappa shape index (κ1) is 16.5. The maximum absolute atomic E-state index is 12.5. The van der Waals surface area contributed by atoms with E-state index in [0.717, 1.165) is 0 Å². The Morgan fingerprint density at radius 3 is 2.48 bits per heavy atom. The molecule has 1 aliphatic rings. The lowest BCUT2D eigenvalue weighted by Gasteiger charge is -2.11. The lowest BCUT2D eigenvalue weighted by Crippen LogP contribution is -2.31. The molecule has 0 fully saturated rings. The molecular formula is C18H16N2O5. The summed E-state index contributed by atoms with van der Waals surface area (Å²) < 4.78 is 10.3. The zero-order valence-corrected chi connectivity index (χ0v) is 13.7. The van der Waals surface area contributed by atoms with Crippen molar-refractivity contribution in [1.82, 2.24) is 0 Å². The van der Waals surface area contributed by atoms with Crippen LogP contribution in [0.3, 0.4) is 0 Å². The van der Waals surface area contributed by atoms with E-state index < -0.39 is 23.5 Å². The van der Waals surface area contributed by atoms with Crippen LogP contribution in [0.4, 0.5) is 11.4 Å². The van der Waals surface area contributed by atoms with Crippen molar-refractivity contribution < 1.29 is 23.9 Å². The molecule has 0 saturated heterocycles. The molecule has 1 unspecified atom stereocenters. The lowest BCUT2D eigenvalue weighted by atomic mass is 9.95. The molecule has 0 spiro atoms. The first-order chi connectivity index (χ1) is 12.0. The third kappa shape index (κ3) is 3.03. The largest absolute Gasteiger partial charge is 0.493 e. The molecule has 7 nitrogen and oxygen atoms in total. The number of rotatable bonds is 5. The van der Waals surface area contributed by atoms with Crippen molar-refractivity contribution in [3.8, 4) is 11.5 Å². The van der Waals surface area contributed by atoms with E-state index in [9.17, 15) is 14.4 Å². The number of ketones is 1. The van der Waals surface area contributed by atoms with E-state index in [1.807, 2.05) is 0 Å². The molecule has 3 rings (SSSR count). The maximum atomic E-state index is 12.5. The average molecular weight is 340 g/mol. The molecular weight excluding hydrogens is 324 g/mol. The van der Waals surface area contributed by atoms with Gasteiger partial charge in [-0.1, -0.05) is 18.2 Å². The van der Waals surface area contributed by atoms with E-state index in [0.29, 0.717) is 28.4 Å². The highest BCUT2D eigenvalue weighted by molar-refractivity contribution is 6.47. The van der Waals surface area contributed by atoms with Gasteiger partial charge in [-0.05, 0) is 23.8 Å². The van der Waals surface area contributed by atoms with Gasteiger partial charge in [0, 0.05) is 17.4 Å². The predicted octanol–water partition coefficient (Wildman–Crippen LogP) is 1.95. The van der Waals surface area contributed by atoms with Crippen molar-refractivity contribution >= 4 is 29.0 Å². The van der Waals surface area contributed by atoms with Gasteiger partial charge >= 0.3 is 0 Å². The highest BCUT2D eigenvalue weighted by Gasteiger charge is 2.39. The standard InChI is InChI=1S/C18H16N2O5/c1-24-13-8-7-10(9-14(13)25-2)19-18(23)16(21)15-11-5-3-4-6-12(11)20-17(15)22/h3-9,15H,1-2H3,(H,19,23)(H,20,22). The zero-order valence-electron chi connectivity index (χ0n) is 13.7. The Morgan fingerprint density at radius 2 is 1.76 bits per heavy atom. The van der Waals surface area contributed by atoms with Crippen LogP contribution < -0.4 is 20.1 Å². The molecule has 0 bridgehead atoms. The van der Waals surface area contributed by atoms with Crippen LogP contribution in [-0.4, -0.2) is 31.8 Å². The van der Waals surface area contributed by atoms with Crippen LogP contribution in [0.2, 0.25) is 0 Å². The number of hydrogen-bond acceptors (Lipinski definition) is 5. The zero-order chi connectivity index (χ0) is 18.0. The van der Waals surface area contributed by atoms with Crippen molar-refractivity contribution in [1.29, 1.82) is 0 Å². The minimum atomic E-state index is -1.14. The molecule has 25 heavy (non-hydrogen) atoms. The topological polar surface area (TPSA) is 93.7 Å². The summed E-state index contributed by atoms with van der Waals surface area (Å²) in [6.45, 7) is 0. The first-order valence-corrected chi connectivity index (χ1v) is 7.52. The molecule has 2 aromatic rings. The number of nitrogens with one attached hydrogen (secondary N) is 2. The molecule has 2 aromatic carbocycles. The fraction of sp³-hybridized carbons (Fsp3) is 0.167. The number of carbonyl (C=O) groups excluding carboxylic acids is 3. The van der Waals surface area contributed by atoms with E-state index in [-0.39, 0.29) is 0 Å². The van der Waals surface area contributed by atoms with Crippen LogP contribution in [-0.2, 0) is 14.4 Å². The van der Waals surface area contributed by atoms with Crippen LogP contribution in [0.5, 0.6) is 11.5 Å². The molecule has 128 valence electrons. The molecule has 0 aromatic heterocycles. The number of carbonyl (C=O) groups is 3. The van der Waals surface area contributed by atoms with Crippen LogP contribution >= 0.6 is 0 Å². The monoisotopic (exact) mass is 340 g/mol. The van der Waals surface area contributed by atoms with Gasteiger partial charge in [0.25, 0.3) is 5.91 Å². The Labute approximate surface area is 143 Å². The van der Waals surface area contributed by atoms with Crippen molar-refractivity contribution in [2.75, 3.05) is 24.9 Å². The number of methoxy groups -OCH3 is 2. The minimum absolute atomic E-state index is 0.364. The van der Waals surface area contributed by atoms with E-state index in [2.05, 4.69) is 10.6 Å². The quantitative estimate of drug-likeness (QED) is 0.641. The molecule has 1 heterocycles. The van der Waals surface area contributed by atoms with Crippen molar-refractivity contribution in [3.05, 3.63) is 48.0 Å². The summed E-state index contributed by atoms with van der Waals surface area (Å²) in [6.07, 6.45) is 0. The molecule has 0 aliphatic carbocycles. The maximum Gasteiger partial charge on any atom is 0.292 e. The number of para-hydroxylation sites is 1. The third-order valence-electron chi connectivity index (χ3n) is 3.92. The summed E-state index contributed by atoms with van der Waals surface area (Å²) >= 11 is 0. The number of anilines is 2. The number of Topliss-reactive ketones (excluding diaryl/α,β-unsaturated/α-hetero) is 1. The highest BCUT2D eigenvalue weighted by atomic mass is 16.5. The first-order valence-electron chi connectivity index (χ1n) is 7.52. The number of amides is 2. The molecule has 0 saturated carbocycles. The van der Waals surface area contributed by atoms with Gasteiger partial charge in [-0.3, -0.25) is 14.4 Å². The Bertz CT molecular complexity index is 862. The summed E-state index contributed by atoms with van der Waals surface area (Å²) in [5.74, 6) is -2.43. The summed E-state index contributed by atoms with van der Waals surface area (Å²) in [5.41, 5.74) is 1.41. The number of ether oxygens (including phenoxy) is 2. The number of benzene rings is 2. The Kier molecular flexibility index (Phi) is 4.38. The van der Waals surface area contributed by atoms with Gasteiger partial charge in [-0.25, -0.2) is 0 Å². The normalized spacial score (nSPS) is 15.1. The Morgan fingerprint density at radius 1 is 1.04 bits per heavy atom. The van der Waals surface area contributed by atoms with E-state index in [1.54, 1.807) is 36.4 Å². The van der Waals surface area contributed by atoms with Gasteiger partial charge < -0.3 is 20.1 Å². The summed E-state index contributed by atoms with van der Waals surface area (Å²) in [5, 5.41) is 5.10. The molecule has 1 atom stereocenters. The lowest BCUT2D eigenvalue weighted by molar-refractivity contribution is -0.138. The van der Waals surface area contributed by atoms with Gasteiger partial charge in [0.05, 0.1) is 14.2 Å². The van der Waals surface area contributed by atoms with Crippen molar-refractivity contribution in [3.63, 3.8) is 0 Å². The van der Waals surface area contributed by atoms with Gasteiger partial charge in [-0.15, -0.1) is 0 Å². The molecule has 2 N–H and O–H groups in total. The van der Waals surface area contributed by atoms with Crippen LogP contribution in [0.15, 0.2) is 42.5 Å². The fourth-order valence-electron chi connectivity index (χ4n) is 2.71. The fourth-order valence-corrected chi connectivity index (χ4v) is 2.71. The van der Waals surface area contributed by atoms with E-state index in [4.69, 9.17) is 9.47 Å². The van der Waals surface area contributed by atoms with Gasteiger partial charge in [0.1, 0.15) is 5.92 Å². The van der Waals surface area contributed by atoms with Crippen LogP contribution in [0, 0.1) is 0 Å². The van der Waals surface area contributed by atoms with Crippen molar-refractivity contribution in [2.45, 2.75) is 5.92 Å². The second-order valence-corrected chi connectivity index (χ2v) is 5.40. The number of hydrogen-bond donors (Lipinski definition) is 2. The molecule has 1 aliphatic heterocycles. The van der Waals surface area contributed by atoms with Crippen LogP contribution in [0.1, 0.15) is 11.5 Å². The minimum Gasteiger partial charge on any atom is -0.493 e. The second kappa shape index (κ2) is 6.64. The Hall–Kier alpha value is -3.35. The smallest absolute Gasteiger partial charge is 0.292 e. The summed E-state index contributed by atoms with van der Waals surface area (Å²) in [7, 11) is 2.96. The van der Waals surface area contributed by atoms with Gasteiger partial charge in [0.2, 0.25) is 11.7 Å². The molecule has 2 amide bonds. The van der Waals surface area contributed by atoms with Crippen molar-refractivity contribution in [2.24, 2.45) is 0 Å². The average Bonchev–Trinajstić information content (AvgIpc) is 2.96. The van der Waals surface area contributed by atoms with Crippen LogP contribution in [0.25, 0.3) is 0 Å². The van der Waals surface area contributed by atoms with Gasteiger partial charge in [0.15, 0.2) is 11.5 Å². The Balaban J connectivity index is 1.80. The third-order valence-corrected chi connectivity index (χ3v) is 3.92.